The number of rotatable bonds is 4. The van der Waals surface area contributed by atoms with Crippen molar-refractivity contribution in [1.82, 2.24) is 24.9 Å². The summed E-state index contributed by atoms with van der Waals surface area (Å²) >= 11 is 1.52. The molecule has 0 aliphatic carbocycles. The SMILES string of the molecule is COc1cc(-n2cccn2)ccc1-c1nnc(C2=CCN(C(=O)OC(C)(C)C)CC2)s1. The number of ether oxygens (including phenoxy) is 2. The van der Waals surface area contributed by atoms with Gasteiger partial charge in [-0.2, -0.15) is 5.10 Å². The highest BCUT2D eigenvalue weighted by atomic mass is 32.1. The number of aromatic nitrogens is 4. The van der Waals surface area contributed by atoms with Crippen LogP contribution in [0.4, 0.5) is 4.79 Å². The quantitative estimate of drug-likeness (QED) is 0.598. The summed E-state index contributed by atoms with van der Waals surface area (Å²) in [5.74, 6) is 0.712. The first-order chi connectivity index (χ1) is 14.8. The summed E-state index contributed by atoms with van der Waals surface area (Å²) in [5.41, 5.74) is 2.39. The van der Waals surface area contributed by atoms with E-state index in [2.05, 4.69) is 15.3 Å². The molecule has 1 aliphatic heterocycles. The molecule has 2 aromatic heterocycles. The van der Waals surface area contributed by atoms with Crippen molar-refractivity contribution in [3.63, 3.8) is 0 Å². The van der Waals surface area contributed by atoms with E-state index in [0.29, 0.717) is 25.3 Å². The highest BCUT2D eigenvalue weighted by Crippen LogP contribution is 2.36. The summed E-state index contributed by atoms with van der Waals surface area (Å²) in [6.45, 7) is 6.71. The summed E-state index contributed by atoms with van der Waals surface area (Å²) in [4.78, 5) is 14.0. The molecule has 3 aromatic rings. The smallest absolute Gasteiger partial charge is 0.410 e. The zero-order valence-electron chi connectivity index (χ0n) is 18.0. The molecule has 0 bridgehead atoms. The van der Waals surface area contributed by atoms with Crippen LogP contribution in [0.15, 0.2) is 42.7 Å². The Balaban J connectivity index is 1.51. The number of benzene rings is 1. The second-order valence-electron chi connectivity index (χ2n) is 8.15. The van der Waals surface area contributed by atoms with Gasteiger partial charge in [0.1, 0.15) is 16.4 Å². The lowest BCUT2D eigenvalue weighted by Gasteiger charge is -2.29. The number of hydrogen-bond acceptors (Lipinski definition) is 7. The van der Waals surface area contributed by atoms with Gasteiger partial charge in [0.2, 0.25) is 0 Å². The van der Waals surface area contributed by atoms with E-state index in [1.807, 2.05) is 57.3 Å². The second kappa shape index (κ2) is 8.50. The van der Waals surface area contributed by atoms with E-state index in [-0.39, 0.29) is 6.09 Å². The third-order valence-electron chi connectivity index (χ3n) is 4.74. The number of methoxy groups -OCH3 is 1. The van der Waals surface area contributed by atoms with Crippen LogP contribution in [0.1, 0.15) is 32.2 Å². The minimum atomic E-state index is -0.499. The number of amides is 1. The van der Waals surface area contributed by atoms with Crippen molar-refractivity contribution in [1.29, 1.82) is 0 Å². The standard InChI is InChI=1S/C22H25N5O3S/c1-22(2,3)30-21(28)26-12-8-15(9-13-26)19-24-25-20(31-19)17-7-6-16(14-18(17)29-4)27-11-5-10-23-27/h5-8,10-11,14H,9,12-13H2,1-4H3. The minimum absolute atomic E-state index is 0.289. The Morgan fingerprint density at radius 3 is 2.65 bits per heavy atom. The van der Waals surface area contributed by atoms with Gasteiger partial charge in [0, 0.05) is 31.5 Å². The van der Waals surface area contributed by atoms with Gasteiger partial charge in [-0.25, -0.2) is 9.48 Å². The lowest BCUT2D eigenvalue weighted by atomic mass is 10.1. The van der Waals surface area contributed by atoms with E-state index in [9.17, 15) is 4.79 Å². The molecule has 8 nitrogen and oxygen atoms in total. The third-order valence-corrected chi connectivity index (χ3v) is 5.78. The van der Waals surface area contributed by atoms with Crippen LogP contribution in [0.25, 0.3) is 21.8 Å². The first kappa shape index (κ1) is 21.0. The third kappa shape index (κ3) is 4.77. The maximum absolute atomic E-state index is 12.3. The molecular formula is C22H25N5O3S. The van der Waals surface area contributed by atoms with E-state index < -0.39 is 5.60 Å². The molecule has 3 heterocycles. The van der Waals surface area contributed by atoms with Gasteiger partial charge in [-0.1, -0.05) is 17.4 Å². The fraction of sp³-hybridized carbons (Fsp3) is 0.364. The Morgan fingerprint density at radius 1 is 1.19 bits per heavy atom. The molecule has 0 spiro atoms. The van der Waals surface area contributed by atoms with Crippen molar-refractivity contribution < 1.29 is 14.3 Å². The van der Waals surface area contributed by atoms with E-state index in [1.54, 1.807) is 22.9 Å². The molecule has 1 aliphatic rings. The Kier molecular flexibility index (Phi) is 5.77. The normalized spacial score (nSPS) is 14.3. The fourth-order valence-corrected chi connectivity index (χ4v) is 4.18. The number of carbonyl (C=O) groups excluding carboxylic acids is 1. The van der Waals surface area contributed by atoms with E-state index in [1.165, 1.54) is 11.3 Å². The van der Waals surface area contributed by atoms with Crippen LogP contribution in [-0.4, -0.2) is 56.8 Å². The Morgan fingerprint density at radius 2 is 2.00 bits per heavy atom. The molecule has 1 amide bonds. The summed E-state index contributed by atoms with van der Waals surface area (Å²) in [6, 6.07) is 7.76. The zero-order valence-corrected chi connectivity index (χ0v) is 18.8. The zero-order chi connectivity index (χ0) is 22.0. The Labute approximate surface area is 185 Å². The summed E-state index contributed by atoms with van der Waals surface area (Å²) < 4.78 is 12.8. The van der Waals surface area contributed by atoms with Crippen LogP contribution in [0.2, 0.25) is 0 Å². The van der Waals surface area contributed by atoms with Crippen LogP contribution in [0.3, 0.4) is 0 Å². The molecule has 0 saturated heterocycles. The van der Waals surface area contributed by atoms with Gasteiger partial charge in [-0.05, 0) is 51.0 Å². The predicted octanol–water partition coefficient (Wildman–Crippen LogP) is 4.42. The molecule has 31 heavy (non-hydrogen) atoms. The molecule has 162 valence electrons. The van der Waals surface area contributed by atoms with Gasteiger partial charge in [0.15, 0.2) is 5.01 Å². The number of carbonyl (C=O) groups is 1. The van der Waals surface area contributed by atoms with Crippen molar-refractivity contribution in [2.75, 3.05) is 20.2 Å². The maximum atomic E-state index is 12.3. The summed E-state index contributed by atoms with van der Waals surface area (Å²) in [5, 5.41) is 14.7. The maximum Gasteiger partial charge on any atom is 0.410 e. The van der Waals surface area contributed by atoms with E-state index >= 15 is 0 Å². The molecule has 1 aromatic carbocycles. The molecule has 4 rings (SSSR count). The van der Waals surface area contributed by atoms with Crippen molar-refractivity contribution in [3.05, 3.63) is 47.7 Å². The molecule has 0 atom stereocenters. The molecule has 0 radical (unpaired) electrons. The topological polar surface area (TPSA) is 82.4 Å². The summed E-state index contributed by atoms with van der Waals surface area (Å²) in [6.07, 6.45) is 6.06. The van der Waals surface area contributed by atoms with Crippen molar-refractivity contribution in [2.24, 2.45) is 0 Å². The average molecular weight is 440 g/mol. The van der Waals surface area contributed by atoms with Crippen LogP contribution >= 0.6 is 11.3 Å². The van der Waals surface area contributed by atoms with Crippen LogP contribution in [0, 0.1) is 0 Å². The largest absolute Gasteiger partial charge is 0.496 e. The average Bonchev–Trinajstić information content (AvgIpc) is 3.44. The molecule has 9 heteroatoms. The van der Waals surface area contributed by atoms with Crippen molar-refractivity contribution in [3.8, 4) is 22.0 Å². The number of hydrogen-bond donors (Lipinski definition) is 0. The highest BCUT2D eigenvalue weighted by Gasteiger charge is 2.25. The molecule has 0 saturated carbocycles. The fourth-order valence-electron chi connectivity index (χ4n) is 3.24. The van der Waals surface area contributed by atoms with E-state index in [0.717, 1.165) is 26.8 Å². The molecule has 0 fully saturated rings. The Bertz CT molecular complexity index is 1100. The highest BCUT2D eigenvalue weighted by molar-refractivity contribution is 7.15. The van der Waals surface area contributed by atoms with Gasteiger partial charge < -0.3 is 14.4 Å². The van der Waals surface area contributed by atoms with Gasteiger partial charge in [0.05, 0.1) is 18.4 Å². The summed E-state index contributed by atoms with van der Waals surface area (Å²) in [7, 11) is 1.64. The second-order valence-corrected chi connectivity index (χ2v) is 9.13. The molecule has 0 unspecified atom stereocenters. The van der Waals surface area contributed by atoms with Crippen LogP contribution < -0.4 is 4.74 Å². The predicted molar refractivity (Wildman–Crippen MR) is 119 cm³/mol. The van der Waals surface area contributed by atoms with Crippen LogP contribution in [-0.2, 0) is 4.74 Å². The first-order valence-corrected chi connectivity index (χ1v) is 10.8. The molecular weight excluding hydrogens is 414 g/mol. The van der Waals surface area contributed by atoms with Gasteiger partial charge >= 0.3 is 6.09 Å². The van der Waals surface area contributed by atoms with Crippen molar-refractivity contribution in [2.45, 2.75) is 32.8 Å². The minimum Gasteiger partial charge on any atom is -0.496 e. The van der Waals surface area contributed by atoms with Crippen LogP contribution in [0.5, 0.6) is 5.75 Å². The van der Waals surface area contributed by atoms with Crippen molar-refractivity contribution >= 4 is 23.0 Å². The Hall–Kier alpha value is -3.20. The lowest BCUT2D eigenvalue weighted by Crippen LogP contribution is -2.39. The lowest BCUT2D eigenvalue weighted by molar-refractivity contribution is 0.0270. The van der Waals surface area contributed by atoms with Gasteiger partial charge in [0.25, 0.3) is 0 Å². The number of nitrogens with zero attached hydrogens (tertiary/aromatic N) is 5. The van der Waals surface area contributed by atoms with E-state index in [4.69, 9.17) is 9.47 Å². The van der Waals surface area contributed by atoms with Gasteiger partial charge in [-0.15, -0.1) is 10.2 Å². The first-order valence-electron chi connectivity index (χ1n) is 10.0. The molecule has 0 N–H and O–H groups in total. The van der Waals surface area contributed by atoms with Gasteiger partial charge in [-0.3, -0.25) is 0 Å². The monoisotopic (exact) mass is 439 g/mol.